The Bertz CT molecular complexity index is 799. The fraction of sp³-hybridized carbons (Fsp3) is 0.167. The molecule has 0 saturated carbocycles. The highest BCUT2D eigenvalue weighted by molar-refractivity contribution is 5.80. The Labute approximate surface area is 117 Å². The molecule has 0 spiro atoms. The molecule has 100 valence electrons. The molecule has 0 unspecified atom stereocenters. The van der Waals surface area contributed by atoms with Crippen molar-refractivity contribution in [3.63, 3.8) is 0 Å². The first kappa shape index (κ1) is 12.7. The fourth-order valence-electron chi connectivity index (χ4n) is 2.48. The molecule has 0 amide bonds. The van der Waals surface area contributed by atoms with Crippen molar-refractivity contribution in [3.8, 4) is 11.3 Å². The molecule has 0 aliphatic carbocycles. The van der Waals surface area contributed by atoms with Crippen molar-refractivity contribution in [1.29, 1.82) is 0 Å². The van der Waals surface area contributed by atoms with E-state index in [0.29, 0.717) is 16.7 Å². The van der Waals surface area contributed by atoms with Gasteiger partial charge in [-0.1, -0.05) is 56.3 Å². The van der Waals surface area contributed by atoms with Crippen molar-refractivity contribution in [3.05, 3.63) is 70.4 Å². The monoisotopic (exact) mass is 264 g/mol. The predicted molar refractivity (Wildman–Crippen MR) is 82.0 cm³/mol. The van der Waals surface area contributed by atoms with Gasteiger partial charge in [0.05, 0.1) is 5.39 Å². The molecule has 0 bridgehead atoms. The van der Waals surface area contributed by atoms with Gasteiger partial charge >= 0.3 is 0 Å². The van der Waals surface area contributed by atoms with Crippen LogP contribution in [0.5, 0.6) is 0 Å². The molecule has 0 N–H and O–H groups in total. The van der Waals surface area contributed by atoms with Crippen LogP contribution >= 0.6 is 0 Å². The number of hydrogen-bond donors (Lipinski definition) is 0. The highest BCUT2D eigenvalue weighted by atomic mass is 16.3. The Morgan fingerprint density at radius 3 is 2.25 bits per heavy atom. The average molecular weight is 264 g/mol. The first-order valence-electron chi connectivity index (χ1n) is 6.79. The standard InChI is InChI=1S/C18H16O2/c1-12(2)16-17(19)14-10-6-7-11-15(14)20-18(16)13-8-4-3-5-9-13/h3-12H,1-2H3. The molecule has 20 heavy (non-hydrogen) atoms. The van der Waals surface area contributed by atoms with Gasteiger partial charge in [0.15, 0.2) is 5.43 Å². The second-order valence-corrected chi connectivity index (χ2v) is 5.19. The Morgan fingerprint density at radius 1 is 0.900 bits per heavy atom. The lowest BCUT2D eigenvalue weighted by molar-refractivity contribution is 0.603. The zero-order valence-electron chi connectivity index (χ0n) is 11.6. The van der Waals surface area contributed by atoms with Gasteiger partial charge in [0.1, 0.15) is 11.3 Å². The van der Waals surface area contributed by atoms with Crippen LogP contribution in [-0.4, -0.2) is 0 Å². The van der Waals surface area contributed by atoms with Crippen LogP contribution in [0, 0.1) is 0 Å². The SMILES string of the molecule is CC(C)c1c(-c2ccccc2)oc2ccccc2c1=O. The molecule has 2 aromatic carbocycles. The van der Waals surface area contributed by atoms with Gasteiger partial charge in [0, 0.05) is 11.1 Å². The summed E-state index contributed by atoms with van der Waals surface area (Å²) < 4.78 is 6.02. The van der Waals surface area contributed by atoms with Crippen LogP contribution in [0.15, 0.2) is 63.8 Å². The third-order valence-electron chi connectivity index (χ3n) is 3.45. The van der Waals surface area contributed by atoms with Gasteiger partial charge in [-0.25, -0.2) is 0 Å². The van der Waals surface area contributed by atoms with Gasteiger partial charge in [-0.3, -0.25) is 4.79 Å². The van der Waals surface area contributed by atoms with Gasteiger partial charge in [0.2, 0.25) is 0 Å². The summed E-state index contributed by atoms with van der Waals surface area (Å²) in [6, 6.07) is 17.2. The number of hydrogen-bond acceptors (Lipinski definition) is 2. The minimum Gasteiger partial charge on any atom is -0.456 e. The summed E-state index contributed by atoms with van der Waals surface area (Å²) in [5.41, 5.74) is 2.40. The minimum absolute atomic E-state index is 0.0701. The molecule has 1 aromatic heterocycles. The molecule has 3 rings (SSSR count). The van der Waals surface area contributed by atoms with Gasteiger partial charge in [0.25, 0.3) is 0 Å². The molecule has 0 aliphatic heterocycles. The molecule has 2 heteroatoms. The number of benzene rings is 2. The third kappa shape index (κ3) is 2.03. The first-order chi connectivity index (χ1) is 9.68. The fourth-order valence-corrected chi connectivity index (χ4v) is 2.48. The summed E-state index contributed by atoms with van der Waals surface area (Å²) in [5, 5.41) is 0.649. The van der Waals surface area contributed by atoms with E-state index in [9.17, 15) is 4.79 Å². The Hall–Kier alpha value is -2.35. The molecular formula is C18H16O2. The molecule has 0 radical (unpaired) electrons. The summed E-state index contributed by atoms with van der Waals surface area (Å²) in [5.74, 6) is 0.801. The van der Waals surface area contributed by atoms with Crippen molar-refractivity contribution >= 4 is 11.0 Å². The lowest BCUT2D eigenvalue weighted by atomic mass is 9.96. The molecular weight excluding hydrogens is 248 g/mol. The van der Waals surface area contributed by atoms with Crippen LogP contribution < -0.4 is 5.43 Å². The summed E-state index contributed by atoms with van der Waals surface area (Å²) in [4.78, 5) is 12.7. The quantitative estimate of drug-likeness (QED) is 0.678. The lowest BCUT2D eigenvalue weighted by Crippen LogP contribution is -2.12. The average Bonchev–Trinajstić information content (AvgIpc) is 2.47. The van der Waals surface area contributed by atoms with Crippen molar-refractivity contribution in [2.45, 2.75) is 19.8 Å². The van der Waals surface area contributed by atoms with E-state index < -0.39 is 0 Å². The number of para-hydroxylation sites is 1. The van der Waals surface area contributed by atoms with E-state index >= 15 is 0 Å². The molecule has 1 heterocycles. The molecule has 0 aliphatic rings. The molecule has 0 saturated heterocycles. The molecule has 2 nitrogen and oxygen atoms in total. The summed E-state index contributed by atoms with van der Waals surface area (Å²) in [6.07, 6.45) is 0. The van der Waals surface area contributed by atoms with E-state index in [0.717, 1.165) is 11.1 Å². The summed E-state index contributed by atoms with van der Waals surface area (Å²) >= 11 is 0. The highest BCUT2D eigenvalue weighted by Crippen LogP contribution is 2.29. The number of fused-ring (bicyclic) bond motifs is 1. The first-order valence-corrected chi connectivity index (χ1v) is 6.79. The van der Waals surface area contributed by atoms with Gasteiger partial charge < -0.3 is 4.42 Å². The topological polar surface area (TPSA) is 30.2 Å². The van der Waals surface area contributed by atoms with Crippen LogP contribution in [-0.2, 0) is 0 Å². The van der Waals surface area contributed by atoms with E-state index in [4.69, 9.17) is 4.42 Å². The Balaban J connectivity index is 2.42. The van der Waals surface area contributed by atoms with Crippen LogP contribution in [0.3, 0.4) is 0 Å². The van der Waals surface area contributed by atoms with Gasteiger partial charge in [-0.05, 0) is 18.1 Å². The van der Waals surface area contributed by atoms with Gasteiger partial charge in [-0.2, -0.15) is 0 Å². The van der Waals surface area contributed by atoms with Gasteiger partial charge in [-0.15, -0.1) is 0 Å². The maximum absolute atomic E-state index is 12.7. The van der Waals surface area contributed by atoms with Crippen LogP contribution in [0.25, 0.3) is 22.3 Å². The number of rotatable bonds is 2. The normalized spacial score (nSPS) is 11.2. The van der Waals surface area contributed by atoms with Crippen molar-refractivity contribution < 1.29 is 4.42 Å². The maximum atomic E-state index is 12.7. The van der Waals surface area contributed by atoms with Crippen LogP contribution in [0.1, 0.15) is 25.3 Å². The van der Waals surface area contributed by atoms with Crippen LogP contribution in [0.2, 0.25) is 0 Å². The molecule has 3 aromatic rings. The van der Waals surface area contributed by atoms with Crippen molar-refractivity contribution in [2.75, 3.05) is 0 Å². The van der Waals surface area contributed by atoms with Crippen molar-refractivity contribution in [1.82, 2.24) is 0 Å². The zero-order valence-corrected chi connectivity index (χ0v) is 11.6. The van der Waals surface area contributed by atoms with Crippen LogP contribution in [0.4, 0.5) is 0 Å². The lowest BCUT2D eigenvalue weighted by Gasteiger charge is -2.12. The maximum Gasteiger partial charge on any atom is 0.196 e. The third-order valence-corrected chi connectivity index (χ3v) is 3.45. The van der Waals surface area contributed by atoms with E-state index in [1.807, 2.05) is 68.4 Å². The largest absolute Gasteiger partial charge is 0.456 e. The Morgan fingerprint density at radius 2 is 1.55 bits per heavy atom. The van der Waals surface area contributed by atoms with E-state index in [2.05, 4.69) is 0 Å². The predicted octanol–water partition coefficient (Wildman–Crippen LogP) is 4.58. The van der Waals surface area contributed by atoms with Crippen molar-refractivity contribution in [2.24, 2.45) is 0 Å². The molecule has 0 fully saturated rings. The smallest absolute Gasteiger partial charge is 0.196 e. The minimum atomic E-state index is 0.0701. The second-order valence-electron chi connectivity index (χ2n) is 5.19. The van der Waals surface area contributed by atoms with E-state index in [1.54, 1.807) is 0 Å². The zero-order chi connectivity index (χ0) is 14.1. The van der Waals surface area contributed by atoms with E-state index in [-0.39, 0.29) is 11.3 Å². The second kappa shape index (κ2) is 4.97. The summed E-state index contributed by atoms with van der Waals surface area (Å²) in [7, 11) is 0. The van der Waals surface area contributed by atoms with E-state index in [1.165, 1.54) is 0 Å². The Kier molecular flexibility index (Phi) is 3.15. The highest BCUT2D eigenvalue weighted by Gasteiger charge is 2.18. The summed E-state index contributed by atoms with van der Waals surface area (Å²) in [6.45, 7) is 4.04. The molecule has 0 atom stereocenters.